The first-order chi connectivity index (χ1) is 10.2. The summed E-state index contributed by atoms with van der Waals surface area (Å²) < 4.78 is 27.4. The average molecular weight is 311 g/mol. The number of hydrogen-bond acceptors (Lipinski definition) is 2. The molecule has 122 valence electrons. The number of rotatable bonds is 6. The number of aliphatic hydroxyl groups is 1. The molecule has 1 amide bonds. The number of amides is 1. The molecule has 0 radical (unpaired) electrons. The van der Waals surface area contributed by atoms with Gasteiger partial charge in [0, 0.05) is 23.9 Å². The maximum Gasteiger partial charge on any atom is 0.223 e. The molecule has 1 aliphatic rings. The first-order valence-corrected chi connectivity index (χ1v) is 7.61. The Kier molecular flexibility index (Phi) is 4.85. The zero-order chi connectivity index (χ0) is 16.5. The number of hydrogen-bond donors (Lipinski definition) is 2. The summed E-state index contributed by atoms with van der Waals surface area (Å²) in [5.41, 5.74) is -0.205. The van der Waals surface area contributed by atoms with Crippen LogP contribution < -0.4 is 5.32 Å². The quantitative estimate of drug-likeness (QED) is 0.848. The molecule has 1 saturated carbocycles. The number of halogens is 2. The molecule has 0 saturated heterocycles. The second-order valence-electron chi connectivity index (χ2n) is 7.02. The number of nitrogens with one attached hydrogen (secondary N) is 1. The van der Waals surface area contributed by atoms with E-state index in [9.17, 15) is 18.7 Å². The highest BCUT2D eigenvalue weighted by atomic mass is 19.1. The fourth-order valence-electron chi connectivity index (χ4n) is 3.00. The van der Waals surface area contributed by atoms with Crippen molar-refractivity contribution in [2.75, 3.05) is 6.54 Å². The molecular weight excluding hydrogens is 288 g/mol. The predicted octanol–water partition coefficient (Wildman–Crippen LogP) is 2.98. The highest BCUT2D eigenvalue weighted by molar-refractivity contribution is 5.83. The Balaban J connectivity index is 1.91. The van der Waals surface area contributed by atoms with Crippen LogP contribution in [0.25, 0.3) is 0 Å². The Morgan fingerprint density at radius 1 is 1.41 bits per heavy atom. The van der Waals surface area contributed by atoms with Crippen molar-refractivity contribution in [1.29, 1.82) is 0 Å². The van der Waals surface area contributed by atoms with Gasteiger partial charge in [-0.2, -0.15) is 0 Å². The van der Waals surface area contributed by atoms with Crippen LogP contribution in [0.4, 0.5) is 8.78 Å². The molecule has 3 unspecified atom stereocenters. The third-order valence-electron chi connectivity index (χ3n) is 4.09. The molecule has 1 aliphatic carbocycles. The maximum absolute atomic E-state index is 13.7. The Morgan fingerprint density at radius 3 is 2.55 bits per heavy atom. The summed E-state index contributed by atoms with van der Waals surface area (Å²) in [6, 6.07) is 3.76. The third-order valence-corrected chi connectivity index (χ3v) is 4.09. The van der Waals surface area contributed by atoms with Gasteiger partial charge in [0.2, 0.25) is 5.91 Å². The van der Waals surface area contributed by atoms with E-state index in [4.69, 9.17) is 0 Å². The Labute approximate surface area is 129 Å². The van der Waals surface area contributed by atoms with Crippen LogP contribution in [0.2, 0.25) is 0 Å². The van der Waals surface area contributed by atoms with Crippen LogP contribution in [-0.2, 0) is 4.79 Å². The monoisotopic (exact) mass is 311 g/mol. The minimum Gasteiger partial charge on any atom is -0.393 e. The van der Waals surface area contributed by atoms with E-state index in [-0.39, 0.29) is 28.7 Å². The molecule has 0 aromatic heterocycles. The van der Waals surface area contributed by atoms with Crippen molar-refractivity contribution in [3.63, 3.8) is 0 Å². The van der Waals surface area contributed by atoms with E-state index in [1.807, 2.05) is 13.8 Å². The normalized spacial score (nSPS) is 22.3. The van der Waals surface area contributed by atoms with Crippen molar-refractivity contribution in [1.82, 2.24) is 5.32 Å². The van der Waals surface area contributed by atoms with Gasteiger partial charge in [-0.05, 0) is 37.3 Å². The lowest BCUT2D eigenvalue weighted by atomic mass is 9.87. The molecule has 2 N–H and O–H groups in total. The van der Waals surface area contributed by atoms with Gasteiger partial charge in [-0.3, -0.25) is 4.79 Å². The zero-order valence-electron chi connectivity index (χ0n) is 13.2. The fraction of sp³-hybridized carbons (Fsp3) is 0.588. The summed E-state index contributed by atoms with van der Waals surface area (Å²) in [5, 5.41) is 12.3. The molecule has 1 fully saturated rings. The van der Waals surface area contributed by atoms with E-state index < -0.39 is 17.7 Å². The Bertz CT molecular complexity index is 537. The van der Waals surface area contributed by atoms with Crippen LogP contribution in [0.5, 0.6) is 0 Å². The Hall–Kier alpha value is -1.49. The summed E-state index contributed by atoms with van der Waals surface area (Å²) in [6.07, 6.45) is 0.609. The minimum absolute atomic E-state index is 0.0193. The van der Waals surface area contributed by atoms with Crippen molar-refractivity contribution in [3.05, 3.63) is 35.4 Å². The zero-order valence-corrected chi connectivity index (χ0v) is 13.2. The third kappa shape index (κ3) is 4.03. The highest BCUT2D eigenvalue weighted by Crippen LogP contribution is 2.49. The van der Waals surface area contributed by atoms with E-state index >= 15 is 0 Å². The van der Waals surface area contributed by atoms with Crippen molar-refractivity contribution in [2.24, 2.45) is 11.3 Å². The van der Waals surface area contributed by atoms with E-state index in [1.165, 1.54) is 18.2 Å². The van der Waals surface area contributed by atoms with Gasteiger partial charge < -0.3 is 10.4 Å². The van der Waals surface area contributed by atoms with Crippen LogP contribution in [-0.4, -0.2) is 23.7 Å². The molecule has 1 aromatic rings. The van der Waals surface area contributed by atoms with Crippen molar-refractivity contribution in [2.45, 2.75) is 45.6 Å². The number of aliphatic hydroxyl groups excluding tert-OH is 1. The van der Waals surface area contributed by atoms with E-state index in [2.05, 4.69) is 5.32 Å². The molecule has 0 heterocycles. The summed E-state index contributed by atoms with van der Waals surface area (Å²) in [4.78, 5) is 12.1. The van der Waals surface area contributed by atoms with Crippen LogP contribution >= 0.6 is 0 Å². The second kappa shape index (κ2) is 6.32. The lowest BCUT2D eigenvalue weighted by molar-refractivity contribution is -0.123. The average Bonchev–Trinajstić information content (AvgIpc) is 3.14. The van der Waals surface area contributed by atoms with Gasteiger partial charge in [0.15, 0.2) is 0 Å². The summed E-state index contributed by atoms with van der Waals surface area (Å²) in [6.45, 7) is 6.06. The van der Waals surface area contributed by atoms with Crippen molar-refractivity contribution in [3.8, 4) is 0 Å². The van der Waals surface area contributed by atoms with E-state index in [0.29, 0.717) is 19.4 Å². The number of carbonyl (C=O) groups is 1. The predicted molar refractivity (Wildman–Crippen MR) is 80.3 cm³/mol. The van der Waals surface area contributed by atoms with Crippen LogP contribution in [0.1, 0.15) is 45.1 Å². The SMILES string of the molecule is CC(O)CC(C)(C)CNC(=O)C1CC1c1c(F)cccc1F. The molecule has 0 bridgehead atoms. The minimum atomic E-state index is -0.588. The standard InChI is InChI=1S/C17H23F2NO2/c1-10(21)8-17(2,3)9-20-16(22)12-7-11(12)15-13(18)5-4-6-14(15)19/h4-6,10-12,21H,7-9H2,1-3H3,(H,20,22). The summed E-state index contributed by atoms with van der Waals surface area (Å²) in [7, 11) is 0. The van der Waals surface area contributed by atoms with Gasteiger partial charge in [-0.1, -0.05) is 19.9 Å². The molecule has 3 nitrogen and oxygen atoms in total. The molecule has 0 aliphatic heterocycles. The van der Waals surface area contributed by atoms with Gasteiger partial charge in [-0.25, -0.2) is 8.78 Å². The van der Waals surface area contributed by atoms with Gasteiger partial charge in [0.25, 0.3) is 0 Å². The first kappa shape index (κ1) is 16.9. The molecule has 1 aromatic carbocycles. The van der Waals surface area contributed by atoms with Crippen LogP contribution in [0.3, 0.4) is 0 Å². The van der Waals surface area contributed by atoms with Gasteiger partial charge in [0.1, 0.15) is 11.6 Å². The maximum atomic E-state index is 13.7. The number of benzene rings is 1. The van der Waals surface area contributed by atoms with Gasteiger partial charge in [0.05, 0.1) is 6.10 Å². The first-order valence-electron chi connectivity index (χ1n) is 7.61. The van der Waals surface area contributed by atoms with Crippen molar-refractivity contribution < 1.29 is 18.7 Å². The molecule has 5 heteroatoms. The van der Waals surface area contributed by atoms with Gasteiger partial charge >= 0.3 is 0 Å². The molecule has 3 atom stereocenters. The Morgan fingerprint density at radius 2 is 2.00 bits per heavy atom. The summed E-state index contributed by atoms with van der Waals surface area (Å²) >= 11 is 0. The van der Waals surface area contributed by atoms with Crippen LogP contribution in [0.15, 0.2) is 18.2 Å². The van der Waals surface area contributed by atoms with Crippen molar-refractivity contribution >= 4 is 5.91 Å². The summed E-state index contributed by atoms with van der Waals surface area (Å²) in [5.74, 6) is -2.09. The van der Waals surface area contributed by atoms with Crippen LogP contribution in [0, 0.1) is 23.0 Å². The number of carbonyl (C=O) groups excluding carboxylic acids is 1. The van der Waals surface area contributed by atoms with Gasteiger partial charge in [-0.15, -0.1) is 0 Å². The lowest BCUT2D eigenvalue weighted by Crippen LogP contribution is -2.36. The molecule has 22 heavy (non-hydrogen) atoms. The van der Waals surface area contributed by atoms with E-state index in [0.717, 1.165) is 0 Å². The molecule has 2 rings (SSSR count). The smallest absolute Gasteiger partial charge is 0.223 e. The largest absolute Gasteiger partial charge is 0.393 e. The molecular formula is C17H23F2NO2. The second-order valence-corrected chi connectivity index (χ2v) is 7.02. The van der Waals surface area contributed by atoms with E-state index in [1.54, 1.807) is 6.92 Å². The fourth-order valence-corrected chi connectivity index (χ4v) is 3.00. The highest BCUT2D eigenvalue weighted by Gasteiger charge is 2.46. The topological polar surface area (TPSA) is 49.3 Å². The molecule has 0 spiro atoms. The lowest BCUT2D eigenvalue weighted by Gasteiger charge is -2.26.